The van der Waals surface area contributed by atoms with Crippen LogP contribution in [0.3, 0.4) is 0 Å². The van der Waals surface area contributed by atoms with Crippen molar-refractivity contribution >= 4 is 41.2 Å². The summed E-state index contributed by atoms with van der Waals surface area (Å²) in [6, 6.07) is 30.1. The van der Waals surface area contributed by atoms with E-state index in [1.54, 1.807) is 42.7 Å². The smallest absolute Gasteiger partial charge is 0.379 e. The maximum absolute atomic E-state index is 6.46. The number of rotatable bonds is 12. The molecule has 3 rings (SSSR count). The van der Waals surface area contributed by atoms with Gasteiger partial charge in [0.15, 0.2) is 0 Å². The minimum absolute atomic E-state index is 0.459. The van der Waals surface area contributed by atoms with Gasteiger partial charge in [0.1, 0.15) is 4.79 Å². The zero-order valence-electron chi connectivity index (χ0n) is 20.7. The second-order valence-corrected chi connectivity index (χ2v) is 19.4. The molecule has 0 amide bonds. The van der Waals surface area contributed by atoms with Crippen LogP contribution in [0.25, 0.3) is 0 Å². The Morgan fingerprint density at radius 1 is 0.382 bits per heavy atom. The van der Waals surface area contributed by atoms with Gasteiger partial charge in [-0.1, -0.05) is 91.0 Å². The lowest BCUT2D eigenvalue weighted by atomic mass is 10.4. The molecule has 0 aliphatic rings. The Morgan fingerprint density at radius 2 is 0.588 bits per heavy atom. The summed E-state index contributed by atoms with van der Waals surface area (Å²) in [6.07, 6.45) is 0. The predicted octanol–water partition coefficient (Wildman–Crippen LogP) is 2.36. The quantitative estimate of drug-likeness (QED) is 0.346. The van der Waals surface area contributed by atoms with Crippen LogP contribution in [0.4, 0.5) is 0 Å². The Morgan fingerprint density at radius 3 is 0.765 bits per heavy atom. The molecule has 0 N–H and O–H groups in total. The summed E-state index contributed by atoms with van der Waals surface area (Å²) < 4.78 is 38.8. The molecule has 0 fully saturated rings. The third kappa shape index (κ3) is 4.39. The monoisotopic (exact) mass is 514 g/mol. The molecule has 0 aliphatic heterocycles. The molecule has 9 heteroatoms. The van der Waals surface area contributed by atoms with Crippen molar-refractivity contribution in [3.63, 3.8) is 0 Å². The van der Waals surface area contributed by atoms with Crippen molar-refractivity contribution in [1.29, 1.82) is 0 Å². The highest BCUT2D eigenvalue weighted by Gasteiger charge is 2.73. The van der Waals surface area contributed by atoms with Crippen molar-refractivity contribution < 1.29 is 26.6 Å². The molecule has 34 heavy (non-hydrogen) atoms. The lowest BCUT2D eigenvalue weighted by Gasteiger charge is -2.49. The Kier molecular flexibility index (Phi) is 9.15. The van der Waals surface area contributed by atoms with E-state index in [4.69, 9.17) is 26.6 Å². The van der Waals surface area contributed by atoms with E-state index in [0.717, 1.165) is 15.6 Å². The summed E-state index contributed by atoms with van der Waals surface area (Å²) in [5, 5.41) is 2.86. The SMILES string of the molecule is CO[Si](OC)(c1ccccc1)C([Si](OC)(OC)c1ccccc1)[Si](OC)(OC)c1ccccc1. The van der Waals surface area contributed by atoms with E-state index < -0.39 is 30.5 Å². The number of hydrogen-bond donors (Lipinski definition) is 0. The molecule has 6 nitrogen and oxygen atoms in total. The van der Waals surface area contributed by atoms with Crippen molar-refractivity contribution in [3.05, 3.63) is 91.0 Å². The fourth-order valence-corrected chi connectivity index (χ4v) is 24.5. The fraction of sp³-hybridized carbons (Fsp3) is 0.280. The molecule has 3 aromatic carbocycles. The van der Waals surface area contributed by atoms with Gasteiger partial charge in [0, 0.05) is 42.7 Å². The standard InChI is InChI=1S/C25H34O6Si3/c1-26-32(27-2,22-16-10-7-11-17-22)25(33(28-3,29-4)23-18-12-8-13-19-23)34(30-5,31-6)24-20-14-9-15-21-24/h7-21,25H,1-6H3. The van der Waals surface area contributed by atoms with E-state index in [9.17, 15) is 0 Å². The normalized spacial score (nSPS) is 12.8. The largest absolute Gasteiger partial charge is 0.394 e. The molecular formula is C25H34O6Si3. The van der Waals surface area contributed by atoms with E-state index in [2.05, 4.69) is 0 Å². The summed E-state index contributed by atoms with van der Waals surface area (Å²) in [4.78, 5) is -0.459. The van der Waals surface area contributed by atoms with Crippen LogP contribution in [0.2, 0.25) is 4.79 Å². The molecule has 0 heterocycles. The minimum Gasteiger partial charge on any atom is -0.394 e. The zero-order chi connectivity index (χ0) is 24.7. The average molecular weight is 515 g/mol. The first-order valence-electron chi connectivity index (χ1n) is 11.0. The summed E-state index contributed by atoms with van der Waals surface area (Å²) in [7, 11) is 0.133. The second kappa shape index (κ2) is 11.7. The molecular weight excluding hydrogens is 481 g/mol. The minimum atomic E-state index is -3.35. The molecule has 0 radical (unpaired) electrons. The summed E-state index contributed by atoms with van der Waals surface area (Å²) >= 11 is 0. The van der Waals surface area contributed by atoms with Gasteiger partial charge in [-0.05, 0) is 15.6 Å². The van der Waals surface area contributed by atoms with Crippen LogP contribution in [-0.4, -0.2) is 68.3 Å². The topological polar surface area (TPSA) is 55.4 Å². The van der Waals surface area contributed by atoms with E-state index in [-0.39, 0.29) is 0 Å². The molecule has 0 aromatic heterocycles. The van der Waals surface area contributed by atoms with Crippen molar-refractivity contribution in [2.24, 2.45) is 0 Å². The third-order valence-corrected chi connectivity index (χ3v) is 22.7. The molecule has 0 atom stereocenters. The van der Waals surface area contributed by atoms with Gasteiger partial charge in [-0.25, -0.2) is 0 Å². The summed E-state index contributed by atoms with van der Waals surface area (Å²) in [6.45, 7) is 0. The predicted molar refractivity (Wildman–Crippen MR) is 141 cm³/mol. The van der Waals surface area contributed by atoms with Gasteiger partial charge >= 0.3 is 25.7 Å². The highest BCUT2D eigenvalue weighted by molar-refractivity contribution is 7.15. The van der Waals surface area contributed by atoms with Crippen molar-refractivity contribution in [3.8, 4) is 0 Å². The summed E-state index contributed by atoms with van der Waals surface area (Å²) in [5.41, 5.74) is 0. The first-order valence-corrected chi connectivity index (χ1v) is 16.7. The first kappa shape index (κ1) is 26.7. The maximum atomic E-state index is 6.46. The molecule has 0 bridgehead atoms. The van der Waals surface area contributed by atoms with Gasteiger partial charge in [-0.2, -0.15) is 0 Å². The molecule has 0 saturated carbocycles. The summed E-state index contributed by atoms with van der Waals surface area (Å²) in [5.74, 6) is 0. The molecule has 0 unspecified atom stereocenters. The van der Waals surface area contributed by atoms with Crippen LogP contribution in [0.1, 0.15) is 0 Å². The first-order chi connectivity index (χ1) is 16.5. The van der Waals surface area contributed by atoms with Crippen LogP contribution < -0.4 is 15.6 Å². The van der Waals surface area contributed by atoms with Gasteiger partial charge in [-0.15, -0.1) is 0 Å². The van der Waals surface area contributed by atoms with Crippen LogP contribution >= 0.6 is 0 Å². The lowest BCUT2D eigenvalue weighted by Crippen LogP contribution is -2.80. The highest BCUT2D eigenvalue weighted by Crippen LogP contribution is 2.42. The second-order valence-electron chi connectivity index (χ2n) is 7.76. The molecule has 0 spiro atoms. The van der Waals surface area contributed by atoms with Crippen molar-refractivity contribution in [2.45, 2.75) is 4.79 Å². The molecule has 182 valence electrons. The van der Waals surface area contributed by atoms with Crippen LogP contribution in [0.5, 0.6) is 0 Å². The van der Waals surface area contributed by atoms with Crippen LogP contribution in [0.15, 0.2) is 91.0 Å². The van der Waals surface area contributed by atoms with Crippen molar-refractivity contribution in [1.82, 2.24) is 0 Å². The Balaban J connectivity index is 2.49. The fourth-order valence-electron chi connectivity index (χ4n) is 4.93. The molecule has 0 saturated heterocycles. The number of hydrogen-bond acceptors (Lipinski definition) is 6. The van der Waals surface area contributed by atoms with Crippen molar-refractivity contribution in [2.75, 3.05) is 42.7 Å². The zero-order valence-corrected chi connectivity index (χ0v) is 23.7. The van der Waals surface area contributed by atoms with Gasteiger partial charge in [0.05, 0.1) is 0 Å². The lowest BCUT2D eigenvalue weighted by molar-refractivity contribution is 0.202. The van der Waals surface area contributed by atoms with E-state index in [1.807, 2.05) is 91.0 Å². The highest BCUT2D eigenvalue weighted by atomic mass is 28.5. The van der Waals surface area contributed by atoms with E-state index in [1.165, 1.54) is 0 Å². The third-order valence-electron chi connectivity index (χ3n) is 6.49. The molecule has 3 aromatic rings. The van der Waals surface area contributed by atoms with Gasteiger partial charge in [0.2, 0.25) is 0 Å². The Labute approximate surface area is 206 Å². The number of benzene rings is 3. The average Bonchev–Trinajstić information content (AvgIpc) is 2.93. The van der Waals surface area contributed by atoms with Crippen LogP contribution in [-0.2, 0) is 26.6 Å². The Bertz CT molecular complexity index is 863. The Hall–Kier alpha value is -1.93. The van der Waals surface area contributed by atoms with E-state index in [0.29, 0.717) is 0 Å². The molecule has 0 aliphatic carbocycles. The van der Waals surface area contributed by atoms with E-state index >= 15 is 0 Å². The van der Waals surface area contributed by atoms with Gasteiger partial charge in [-0.3, -0.25) is 0 Å². The van der Waals surface area contributed by atoms with Crippen LogP contribution in [0, 0.1) is 0 Å². The van der Waals surface area contributed by atoms with Gasteiger partial charge in [0.25, 0.3) is 0 Å². The van der Waals surface area contributed by atoms with Gasteiger partial charge < -0.3 is 26.6 Å². The maximum Gasteiger partial charge on any atom is 0.379 e.